The maximum absolute atomic E-state index is 9.55. The van der Waals surface area contributed by atoms with Gasteiger partial charge in [0.1, 0.15) is 0 Å². The van der Waals surface area contributed by atoms with Crippen molar-refractivity contribution in [2.24, 2.45) is 22.0 Å². The predicted molar refractivity (Wildman–Crippen MR) is 35.7 cm³/mol. The van der Waals surface area contributed by atoms with Crippen LogP contribution in [0.3, 0.4) is 0 Å². The predicted octanol–water partition coefficient (Wildman–Crippen LogP) is -1.87. The molecule has 0 aliphatic carbocycles. The molecule has 0 bridgehead atoms. The van der Waals surface area contributed by atoms with E-state index in [1.807, 2.05) is 0 Å². The van der Waals surface area contributed by atoms with Crippen LogP contribution in [0.15, 0.2) is 0 Å². The summed E-state index contributed by atoms with van der Waals surface area (Å²) in [5, 5.41) is 0. The van der Waals surface area contributed by atoms with Gasteiger partial charge in [0.05, 0.1) is 0 Å². The molecule has 9 heteroatoms. The molecule has 0 rings (SSSR count). The molecule has 0 spiro atoms. The first-order chi connectivity index (χ1) is 3.73. The van der Waals surface area contributed by atoms with Crippen molar-refractivity contribution in [2.75, 3.05) is 0 Å². The van der Waals surface area contributed by atoms with Gasteiger partial charge in [-0.2, -0.15) is 0 Å². The van der Waals surface area contributed by atoms with Crippen molar-refractivity contribution in [3.8, 4) is 0 Å². The van der Waals surface area contributed by atoms with E-state index >= 15 is 0 Å². The Bertz CT molecular complexity index is 85.0. The molecule has 9 heavy (non-hydrogen) atoms. The second-order valence-corrected chi connectivity index (χ2v) is 3.25. The zero-order valence-corrected chi connectivity index (χ0v) is 6.30. The van der Waals surface area contributed by atoms with Crippen molar-refractivity contribution in [2.45, 2.75) is 0 Å². The Hall–Kier alpha value is 0.420. The molecule has 0 aromatic rings. The van der Waals surface area contributed by atoms with Crippen LogP contribution >= 0.6 is 16.1 Å². The van der Waals surface area contributed by atoms with E-state index in [0.717, 1.165) is 0 Å². The molecule has 0 aromatic carbocycles. The molecule has 0 aliphatic rings. The fourth-order valence-electron chi connectivity index (χ4n) is 0. The van der Waals surface area contributed by atoms with Crippen LogP contribution in [0.4, 0.5) is 0 Å². The molecule has 7 nitrogen and oxygen atoms in total. The molecule has 0 amide bonds. The van der Waals surface area contributed by atoms with Crippen molar-refractivity contribution >= 4 is 16.1 Å². The van der Waals surface area contributed by atoms with Crippen LogP contribution in [0, 0.1) is 0 Å². The third kappa shape index (κ3) is 1970. The highest BCUT2D eigenvalue weighted by Crippen LogP contribution is 2.07. The minimum Gasteiger partial charge on any atom is -0.338 e. The van der Waals surface area contributed by atoms with E-state index < -0.39 is 16.1 Å². The number of rotatable bonds is 0. The zero-order valence-electron chi connectivity index (χ0n) is 4.51. The van der Waals surface area contributed by atoms with Gasteiger partial charge in [-0.05, 0) is 0 Å². The normalized spacial score (nSPS) is 10.6. The Morgan fingerprint density at radius 2 is 1.22 bits per heavy atom. The highest BCUT2D eigenvalue weighted by atomic mass is 31.2. The molecule has 0 radical (unpaired) electrons. The summed E-state index contributed by atoms with van der Waals surface area (Å²) in [4.78, 5) is 14.9. The lowest BCUT2D eigenvalue weighted by Crippen LogP contribution is -2.12. The maximum Gasteiger partial charge on any atom is 0.271 e. The Kier molecular flexibility index (Phi) is 7.04. The monoisotopic (exact) mass is 176 g/mol. The first-order valence-corrected chi connectivity index (χ1v) is 4.85. The summed E-state index contributed by atoms with van der Waals surface area (Å²) in [6.07, 6.45) is 0. The lowest BCUT2D eigenvalue weighted by Gasteiger charge is -1.88. The van der Waals surface area contributed by atoms with Crippen LogP contribution in [0.25, 0.3) is 0 Å². The van der Waals surface area contributed by atoms with Gasteiger partial charge < -0.3 is 9.79 Å². The molecule has 10 N–H and O–H groups in total. The topological polar surface area (TPSA) is 162 Å². The molecule has 0 unspecified atom stereocenters. The first kappa shape index (κ1) is 12.1. The molecule has 58 valence electrons. The van der Waals surface area contributed by atoms with E-state index in [1.54, 1.807) is 0 Å². The minimum absolute atomic E-state index is 2.12. The summed E-state index contributed by atoms with van der Waals surface area (Å²) in [7, 11) is -5.26. The van der Waals surface area contributed by atoms with E-state index in [0.29, 0.717) is 0 Å². The molecular weight excluding hydrogens is 166 g/mol. The van der Waals surface area contributed by atoms with Crippen molar-refractivity contribution in [1.82, 2.24) is 0 Å². The van der Waals surface area contributed by atoms with E-state index in [-0.39, 0.29) is 0 Å². The summed E-state index contributed by atoms with van der Waals surface area (Å²) in [5.74, 6) is 0. The molecule has 0 saturated carbocycles. The van der Waals surface area contributed by atoms with Crippen LogP contribution < -0.4 is 22.0 Å². The summed E-state index contributed by atoms with van der Waals surface area (Å²) >= 11 is 0. The van der Waals surface area contributed by atoms with Crippen LogP contribution in [0.2, 0.25) is 0 Å². The Morgan fingerprint density at radius 1 is 1.22 bits per heavy atom. The minimum atomic E-state index is -3.14. The largest absolute Gasteiger partial charge is 0.338 e. The van der Waals surface area contributed by atoms with Crippen molar-refractivity contribution in [1.29, 1.82) is 0 Å². The summed E-state index contributed by atoms with van der Waals surface area (Å²) in [6, 6.07) is 0. The van der Waals surface area contributed by atoms with E-state index in [2.05, 4.69) is 22.0 Å². The second-order valence-electron chi connectivity index (χ2n) is 1.08. The third-order valence-electron chi connectivity index (χ3n) is 0. The van der Waals surface area contributed by atoms with Crippen LogP contribution in [-0.4, -0.2) is 9.79 Å². The fraction of sp³-hybridized carbons (Fsp3) is 0. The number of hydrogen-bond donors (Lipinski definition) is 6. The zero-order chi connectivity index (χ0) is 8.08. The molecule has 0 aromatic heterocycles. The lowest BCUT2D eigenvalue weighted by molar-refractivity contribution is 0.485. The Labute approximate surface area is 53.5 Å². The van der Waals surface area contributed by atoms with Gasteiger partial charge in [0.25, 0.3) is 7.59 Å². The van der Waals surface area contributed by atoms with Gasteiger partial charge in [0.15, 0.2) is 0 Å². The van der Waals surface area contributed by atoms with E-state index in [1.165, 1.54) is 0 Å². The molecule has 0 aliphatic heterocycles. The maximum atomic E-state index is 9.55. The van der Waals surface area contributed by atoms with Gasteiger partial charge in [0.2, 0.25) is 8.53 Å². The summed E-state index contributed by atoms with van der Waals surface area (Å²) < 4.78 is 9.55. The molecule has 0 saturated heterocycles. The van der Waals surface area contributed by atoms with Crippen LogP contribution in [-0.2, 0) is 4.57 Å². The Morgan fingerprint density at radius 3 is 1.22 bits per heavy atom. The summed E-state index contributed by atoms with van der Waals surface area (Å²) in [5.41, 5.74) is 17.7. The number of nitrogens with two attached hydrogens (primary N) is 4. The second kappa shape index (κ2) is 5.22. The van der Waals surface area contributed by atoms with Gasteiger partial charge in [0, 0.05) is 0 Å². The van der Waals surface area contributed by atoms with Gasteiger partial charge >= 0.3 is 0 Å². The molecule has 0 fully saturated rings. The van der Waals surface area contributed by atoms with Gasteiger partial charge in [-0.15, -0.1) is 0 Å². The molecule has 0 atom stereocenters. The standard InChI is InChI=1S/H6N3OP.H4NO2P/c1-5(2,3)4;1-4(2)3/h(H6,1,2,3,4);2-3H,1H2. The van der Waals surface area contributed by atoms with Crippen molar-refractivity contribution < 1.29 is 14.4 Å². The van der Waals surface area contributed by atoms with Gasteiger partial charge in [-0.3, -0.25) is 26.6 Å². The third-order valence-corrected chi connectivity index (χ3v) is 0. The molecular formula is H10N4O3P2. The number of hydrogen-bond acceptors (Lipinski definition) is 4. The highest BCUT2D eigenvalue weighted by Gasteiger charge is 1.90. The first-order valence-electron chi connectivity index (χ1n) is 1.62. The van der Waals surface area contributed by atoms with Crippen LogP contribution in [0.5, 0.6) is 0 Å². The van der Waals surface area contributed by atoms with Gasteiger partial charge in [-0.25, -0.2) is 0 Å². The van der Waals surface area contributed by atoms with E-state index in [9.17, 15) is 4.57 Å². The lowest BCUT2D eigenvalue weighted by atomic mass is 13.8. The van der Waals surface area contributed by atoms with Crippen molar-refractivity contribution in [3.05, 3.63) is 0 Å². The van der Waals surface area contributed by atoms with E-state index in [4.69, 9.17) is 9.79 Å². The quantitative estimate of drug-likeness (QED) is 0.235. The SMILES string of the molecule is NP(N)(N)=O.NP(O)O. The molecule has 0 heterocycles. The van der Waals surface area contributed by atoms with Gasteiger partial charge in [-0.1, -0.05) is 0 Å². The fourth-order valence-corrected chi connectivity index (χ4v) is 0. The van der Waals surface area contributed by atoms with Crippen LogP contribution in [0.1, 0.15) is 0 Å². The summed E-state index contributed by atoms with van der Waals surface area (Å²) in [6.45, 7) is 0. The Balaban J connectivity index is 0. The highest BCUT2D eigenvalue weighted by molar-refractivity contribution is 7.56. The smallest absolute Gasteiger partial charge is 0.271 e. The van der Waals surface area contributed by atoms with Crippen molar-refractivity contribution in [3.63, 3.8) is 0 Å². The average Bonchev–Trinajstić information content (AvgIpc) is 1.19. The average molecular weight is 176 g/mol.